The van der Waals surface area contributed by atoms with E-state index in [9.17, 15) is 0 Å². The lowest BCUT2D eigenvalue weighted by Crippen LogP contribution is -2.07. The minimum Gasteiger partial charge on any atom is -0.493 e. The molecule has 23 heavy (non-hydrogen) atoms. The number of benzene rings is 3. The predicted octanol–water partition coefficient (Wildman–Crippen LogP) is 5.78. The predicted molar refractivity (Wildman–Crippen MR) is 97.2 cm³/mol. The minimum absolute atomic E-state index is 0.705. The molecule has 0 radical (unpaired) electrons. The maximum Gasteiger partial charge on any atom is 0.127 e. The van der Waals surface area contributed by atoms with Crippen LogP contribution in [0.15, 0.2) is 54.6 Å². The SMILES string of the molecule is CCOc1ccc2c(c1-c1cccc3ccccc13)CCCC2. The van der Waals surface area contributed by atoms with Crippen LogP contribution >= 0.6 is 0 Å². The molecule has 0 amide bonds. The Hall–Kier alpha value is -2.28. The van der Waals surface area contributed by atoms with Gasteiger partial charge in [0.05, 0.1) is 6.61 Å². The average molecular weight is 302 g/mol. The van der Waals surface area contributed by atoms with Crippen LogP contribution in [0.3, 0.4) is 0 Å². The zero-order chi connectivity index (χ0) is 15.6. The summed E-state index contributed by atoms with van der Waals surface area (Å²) in [5, 5.41) is 2.61. The first kappa shape index (κ1) is 14.3. The number of hydrogen-bond acceptors (Lipinski definition) is 1. The molecule has 0 aromatic heterocycles. The van der Waals surface area contributed by atoms with E-state index in [4.69, 9.17) is 4.74 Å². The smallest absolute Gasteiger partial charge is 0.127 e. The maximum atomic E-state index is 6.01. The molecule has 0 bridgehead atoms. The summed E-state index contributed by atoms with van der Waals surface area (Å²) in [6.45, 7) is 2.77. The van der Waals surface area contributed by atoms with Gasteiger partial charge < -0.3 is 4.74 Å². The minimum atomic E-state index is 0.705. The molecule has 0 fully saturated rings. The summed E-state index contributed by atoms with van der Waals surface area (Å²) in [5.41, 5.74) is 5.63. The molecule has 3 aromatic carbocycles. The summed E-state index contributed by atoms with van der Waals surface area (Å²) >= 11 is 0. The van der Waals surface area contributed by atoms with Gasteiger partial charge in [-0.3, -0.25) is 0 Å². The lowest BCUT2D eigenvalue weighted by Gasteiger charge is -2.23. The van der Waals surface area contributed by atoms with Gasteiger partial charge in [0.25, 0.3) is 0 Å². The van der Waals surface area contributed by atoms with Crippen molar-refractivity contribution in [3.05, 3.63) is 65.7 Å². The first-order valence-corrected chi connectivity index (χ1v) is 8.64. The monoisotopic (exact) mass is 302 g/mol. The summed E-state index contributed by atoms with van der Waals surface area (Å²) in [7, 11) is 0. The lowest BCUT2D eigenvalue weighted by atomic mass is 9.84. The number of hydrogen-bond donors (Lipinski definition) is 0. The molecule has 1 aliphatic carbocycles. The van der Waals surface area contributed by atoms with Crippen molar-refractivity contribution in [1.82, 2.24) is 0 Å². The second kappa shape index (κ2) is 6.08. The van der Waals surface area contributed by atoms with Gasteiger partial charge >= 0.3 is 0 Å². The Balaban J connectivity index is 2.02. The molecule has 0 saturated heterocycles. The Morgan fingerprint density at radius 3 is 2.61 bits per heavy atom. The zero-order valence-corrected chi connectivity index (χ0v) is 13.6. The quantitative estimate of drug-likeness (QED) is 0.595. The fourth-order valence-electron chi connectivity index (χ4n) is 3.82. The second-order valence-corrected chi connectivity index (χ2v) is 6.24. The third kappa shape index (κ3) is 2.50. The highest BCUT2D eigenvalue weighted by Crippen LogP contribution is 2.41. The van der Waals surface area contributed by atoms with Gasteiger partial charge in [0, 0.05) is 5.56 Å². The van der Waals surface area contributed by atoms with Crippen LogP contribution in [0.2, 0.25) is 0 Å². The first-order chi connectivity index (χ1) is 11.4. The van der Waals surface area contributed by atoms with Crippen LogP contribution in [0.25, 0.3) is 21.9 Å². The molecule has 0 spiro atoms. The van der Waals surface area contributed by atoms with Crippen LogP contribution in [0.4, 0.5) is 0 Å². The molecule has 1 aliphatic rings. The van der Waals surface area contributed by atoms with E-state index < -0.39 is 0 Å². The van der Waals surface area contributed by atoms with Crippen molar-refractivity contribution in [1.29, 1.82) is 0 Å². The van der Waals surface area contributed by atoms with Crippen LogP contribution in [0, 0.1) is 0 Å². The first-order valence-electron chi connectivity index (χ1n) is 8.64. The molecule has 1 heteroatoms. The van der Waals surface area contributed by atoms with Crippen LogP contribution in [-0.4, -0.2) is 6.61 Å². The van der Waals surface area contributed by atoms with E-state index in [-0.39, 0.29) is 0 Å². The Morgan fingerprint density at radius 1 is 0.870 bits per heavy atom. The van der Waals surface area contributed by atoms with Gasteiger partial charge in [-0.2, -0.15) is 0 Å². The fourth-order valence-corrected chi connectivity index (χ4v) is 3.82. The fraction of sp³-hybridized carbons (Fsp3) is 0.273. The van der Waals surface area contributed by atoms with Crippen molar-refractivity contribution < 1.29 is 4.74 Å². The molecular weight excluding hydrogens is 280 g/mol. The van der Waals surface area contributed by atoms with Crippen LogP contribution in [-0.2, 0) is 12.8 Å². The highest BCUT2D eigenvalue weighted by atomic mass is 16.5. The van der Waals surface area contributed by atoms with Crippen molar-refractivity contribution in [3.8, 4) is 16.9 Å². The van der Waals surface area contributed by atoms with E-state index in [0.717, 1.165) is 12.2 Å². The van der Waals surface area contributed by atoms with Gasteiger partial charge in [-0.15, -0.1) is 0 Å². The van der Waals surface area contributed by atoms with Gasteiger partial charge in [0.15, 0.2) is 0 Å². The van der Waals surface area contributed by atoms with Crippen molar-refractivity contribution >= 4 is 10.8 Å². The highest BCUT2D eigenvalue weighted by Gasteiger charge is 2.19. The molecule has 0 aliphatic heterocycles. The van der Waals surface area contributed by atoms with Crippen molar-refractivity contribution in [3.63, 3.8) is 0 Å². The van der Waals surface area contributed by atoms with Gasteiger partial charge in [0.2, 0.25) is 0 Å². The molecule has 0 unspecified atom stereocenters. The molecule has 0 heterocycles. The topological polar surface area (TPSA) is 9.23 Å². The summed E-state index contributed by atoms with van der Waals surface area (Å²) < 4.78 is 6.01. The van der Waals surface area contributed by atoms with Gasteiger partial charge in [0.1, 0.15) is 5.75 Å². The van der Waals surface area contributed by atoms with E-state index in [2.05, 4.69) is 61.5 Å². The van der Waals surface area contributed by atoms with E-state index >= 15 is 0 Å². The van der Waals surface area contributed by atoms with Gasteiger partial charge in [-0.1, -0.05) is 48.5 Å². The Morgan fingerprint density at radius 2 is 1.70 bits per heavy atom. The van der Waals surface area contributed by atoms with Crippen molar-refractivity contribution in [2.24, 2.45) is 0 Å². The third-order valence-corrected chi connectivity index (χ3v) is 4.85. The van der Waals surface area contributed by atoms with E-state index in [0.29, 0.717) is 6.61 Å². The summed E-state index contributed by atoms with van der Waals surface area (Å²) in [6, 6.07) is 19.7. The molecule has 0 atom stereocenters. The molecule has 4 rings (SSSR count). The second-order valence-electron chi connectivity index (χ2n) is 6.24. The lowest BCUT2D eigenvalue weighted by molar-refractivity contribution is 0.341. The Bertz CT molecular complexity index is 842. The summed E-state index contributed by atoms with van der Waals surface area (Å²) in [4.78, 5) is 0. The maximum absolute atomic E-state index is 6.01. The van der Waals surface area contributed by atoms with Crippen molar-refractivity contribution in [2.75, 3.05) is 6.61 Å². The number of ether oxygens (including phenoxy) is 1. The Kier molecular flexibility index (Phi) is 3.78. The molecule has 0 N–H and O–H groups in total. The number of fused-ring (bicyclic) bond motifs is 2. The third-order valence-electron chi connectivity index (χ3n) is 4.85. The standard InChI is InChI=1S/C22H22O/c1-2-23-21-15-14-17-9-4-6-12-19(17)22(21)20-13-7-10-16-8-3-5-11-18(16)20/h3,5,7-8,10-11,13-15H,2,4,6,9,12H2,1H3. The number of rotatable bonds is 3. The zero-order valence-electron chi connectivity index (χ0n) is 13.6. The van der Waals surface area contributed by atoms with Gasteiger partial charge in [-0.05, 0) is 66.1 Å². The van der Waals surface area contributed by atoms with E-state index in [1.54, 1.807) is 0 Å². The normalized spacial score (nSPS) is 13.8. The van der Waals surface area contributed by atoms with Crippen LogP contribution in [0.1, 0.15) is 30.9 Å². The van der Waals surface area contributed by atoms with E-state index in [1.807, 2.05) is 0 Å². The number of aryl methyl sites for hydroxylation is 1. The van der Waals surface area contributed by atoms with Crippen LogP contribution in [0.5, 0.6) is 5.75 Å². The molecule has 0 saturated carbocycles. The highest BCUT2D eigenvalue weighted by molar-refractivity contribution is 5.99. The summed E-state index contributed by atoms with van der Waals surface area (Å²) in [6.07, 6.45) is 4.94. The molecular formula is C22H22O. The summed E-state index contributed by atoms with van der Waals surface area (Å²) in [5.74, 6) is 1.03. The van der Waals surface area contributed by atoms with E-state index in [1.165, 1.54) is 52.3 Å². The largest absolute Gasteiger partial charge is 0.493 e. The van der Waals surface area contributed by atoms with Gasteiger partial charge in [-0.25, -0.2) is 0 Å². The molecule has 3 aromatic rings. The Labute approximate surface area is 137 Å². The average Bonchev–Trinajstić information content (AvgIpc) is 2.61. The van der Waals surface area contributed by atoms with Crippen LogP contribution < -0.4 is 4.74 Å². The molecule has 116 valence electrons. The van der Waals surface area contributed by atoms with Crippen molar-refractivity contribution in [2.45, 2.75) is 32.6 Å². The molecule has 1 nitrogen and oxygen atoms in total.